The Hall–Kier alpha value is -6.07. The topological polar surface area (TPSA) is 155 Å². The zero-order chi connectivity index (χ0) is 38.7. The summed E-state index contributed by atoms with van der Waals surface area (Å²) >= 11 is 0. The zero-order valence-corrected chi connectivity index (χ0v) is 29.0. The van der Waals surface area contributed by atoms with Gasteiger partial charge in [-0.2, -0.15) is 18.4 Å². The first-order chi connectivity index (χ1) is 25.0. The summed E-state index contributed by atoms with van der Waals surface area (Å²) in [5.41, 5.74) is -6.29. The molecule has 2 aromatic heterocycles. The number of aromatic nitrogens is 6. The van der Waals surface area contributed by atoms with Crippen LogP contribution in [-0.2, 0) is 30.6 Å². The molecule has 280 valence electrons. The maximum Gasteiger partial charge on any atom is 0.416 e. The standard InChI is InChI=1S/C35H34F5N7O6/c1-19-29(21-11-8-15-27(51-5)30(21)37)31(48)47(33(50)46(19)16-22-23(35(38,39)40)12-9-13-24(22)36)17-25(41-32(49)53-34(2,3)4)20-10-6-7-14-26(20)52-18-28-42-44-45-43-28/h6-15,25H,16-18H2,1-5H3,(H,41,49)(H,42,43,44,45). The van der Waals surface area contributed by atoms with Crippen LogP contribution in [0.15, 0.2) is 70.3 Å². The second-order valence-electron chi connectivity index (χ2n) is 12.7. The van der Waals surface area contributed by atoms with E-state index in [-0.39, 0.29) is 40.8 Å². The monoisotopic (exact) mass is 743 g/mol. The minimum absolute atomic E-state index is 0.152. The van der Waals surface area contributed by atoms with Crippen molar-refractivity contribution < 1.29 is 41.0 Å². The summed E-state index contributed by atoms with van der Waals surface area (Å²) in [6.07, 6.45) is -5.98. The maximum absolute atomic E-state index is 15.8. The first-order valence-corrected chi connectivity index (χ1v) is 16.0. The summed E-state index contributed by atoms with van der Waals surface area (Å²) in [4.78, 5) is 41.9. The molecule has 53 heavy (non-hydrogen) atoms. The van der Waals surface area contributed by atoms with Crippen LogP contribution in [0.25, 0.3) is 11.1 Å². The fraction of sp³-hybridized carbons (Fsp3) is 0.314. The van der Waals surface area contributed by atoms with E-state index in [1.807, 2.05) is 0 Å². The van der Waals surface area contributed by atoms with E-state index in [0.717, 1.165) is 16.7 Å². The predicted molar refractivity (Wildman–Crippen MR) is 179 cm³/mol. The minimum atomic E-state index is -5.02. The van der Waals surface area contributed by atoms with Crippen LogP contribution in [0.3, 0.4) is 0 Å². The number of amides is 1. The lowest BCUT2D eigenvalue weighted by atomic mass is 10.0. The molecule has 0 aliphatic heterocycles. The van der Waals surface area contributed by atoms with Crippen molar-refractivity contribution in [3.05, 3.63) is 121 Å². The van der Waals surface area contributed by atoms with Crippen molar-refractivity contribution in [2.75, 3.05) is 7.11 Å². The SMILES string of the molecule is COc1cccc(-c2c(C)n(Cc3c(F)cccc3C(F)(F)F)c(=O)n(CC(NC(=O)OC(C)(C)C)c3ccccc3OCc3nn[nH]n3)c2=O)c1F. The van der Waals surface area contributed by atoms with Gasteiger partial charge in [-0.25, -0.2) is 18.4 Å². The highest BCUT2D eigenvalue weighted by atomic mass is 19.4. The van der Waals surface area contributed by atoms with Gasteiger partial charge in [0.1, 0.15) is 17.2 Å². The number of para-hydroxylation sites is 1. The first kappa shape index (κ1) is 38.2. The Morgan fingerprint density at radius 3 is 2.32 bits per heavy atom. The van der Waals surface area contributed by atoms with E-state index in [1.54, 1.807) is 32.9 Å². The van der Waals surface area contributed by atoms with Gasteiger partial charge < -0.3 is 19.5 Å². The van der Waals surface area contributed by atoms with E-state index < -0.39 is 76.6 Å². The number of nitrogens with one attached hydrogen (secondary N) is 2. The number of alkyl halides is 3. The summed E-state index contributed by atoms with van der Waals surface area (Å²) < 4.78 is 91.1. The molecule has 0 spiro atoms. The molecule has 1 amide bonds. The third kappa shape index (κ3) is 8.53. The van der Waals surface area contributed by atoms with Crippen LogP contribution in [0.4, 0.5) is 26.7 Å². The molecule has 3 aromatic carbocycles. The van der Waals surface area contributed by atoms with Crippen LogP contribution in [-0.4, -0.2) is 48.6 Å². The zero-order valence-electron chi connectivity index (χ0n) is 29.0. The van der Waals surface area contributed by atoms with Gasteiger partial charge in [0, 0.05) is 22.4 Å². The number of tetrazole rings is 1. The summed E-state index contributed by atoms with van der Waals surface area (Å²) in [6.45, 7) is 4.19. The number of benzene rings is 3. The van der Waals surface area contributed by atoms with Crippen LogP contribution in [0.5, 0.6) is 11.5 Å². The Labute approximate surface area is 298 Å². The van der Waals surface area contributed by atoms with Crippen molar-refractivity contribution in [3.8, 4) is 22.6 Å². The van der Waals surface area contributed by atoms with Gasteiger partial charge in [-0.1, -0.05) is 41.6 Å². The van der Waals surface area contributed by atoms with Gasteiger partial charge >= 0.3 is 18.0 Å². The molecular weight excluding hydrogens is 709 g/mol. The third-order valence-electron chi connectivity index (χ3n) is 7.98. The van der Waals surface area contributed by atoms with Crippen molar-refractivity contribution in [3.63, 3.8) is 0 Å². The molecule has 0 radical (unpaired) electrons. The lowest BCUT2D eigenvalue weighted by Gasteiger charge is -2.26. The lowest BCUT2D eigenvalue weighted by Crippen LogP contribution is -2.46. The molecule has 2 heterocycles. The number of methoxy groups -OCH3 is 1. The fourth-order valence-corrected chi connectivity index (χ4v) is 5.60. The van der Waals surface area contributed by atoms with E-state index in [4.69, 9.17) is 14.2 Å². The van der Waals surface area contributed by atoms with Crippen LogP contribution >= 0.6 is 0 Å². The summed E-state index contributed by atoms with van der Waals surface area (Å²) in [6, 6.07) is 11.2. The normalized spacial score (nSPS) is 12.3. The lowest BCUT2D eigenvalue weighted by molar-refractivity contribution is -0.138. The van der Waals surface area contributed by atoms with Crippen molar-refractivity contribution in [2.45, 2.75) is 65.2 Å². The number of ether oxygens (including phenoxy) is 3. The van der Waals surface area contributed by atoms with Gasteiger partial charge in [0.15, 0.2) is 18.2 Å². The molecule has 2 N–H and O–H groups in total. The number of aromatic amines is 1. The van der Waals surface area contributed by atoms with Crippen molar-refractivity contribution >= 4 is 6.09 Å². The van der Waals surface area contributed by atoms with E-state index >= 15 is 8.78 Å². The molecule has 13 nitrogen and oxygen atoms in total. The van der Waals surface area contributed by atoms with E-state index in [0.29, 0.717) is 10.6 Å². The smallest absolute Gasteiger partial charge is 0.416 e. The Kier molecular flexibility index (Phi) is 11.0. The Bertz CT molecular complexity index is 2230. The second-order valence-corrected chi connectivity index (χ2v) is 12.7. The molecule has 0 saturated carbocycles. The molecular formula is C35H34F5N7O6. The number of nitrogens with zero attached hydrogens (tertiary/aromatic N) is 5. The molecule has 0 bridgehead atoms. The van der Waals surface area contributed by atoms with Crippen LogP contribution < -0.4 is 26.0 Å². The van der Waals surface area contributed by atoms with Crippen molar-refractivity contribution in [1.82, 2.24) is 35.1 Å². The van der Waals surface area contributed by atoms with Gasteiger partial charge in [0.25, 0.3) is 5.56 Å². The molecule has 1 unspecified atom stereocenters. The number of carbonyl (C=O) groups is 1. The molecule has 0 aliphatic carbocycles. The van der Waals surface area contributed by atoms with Crippen molar-refractivity contribution in [2.24, 2.45) is 0 Å². The number of halogens is 5. The van der Waals surface area contributed by atoms with E-state index in [1.165, 1.54) is 44.4 Å². The first-order valence-electron chi connectivity index (χ1n) is 16.0. The number of H-pyrrole nitrogens is 1. The molecule has 5 aromatic rings. The van der Waals surface area contributed by atoms with Gasteiger partial charge in [-0.3, -0.25) is 13.9 Å². The van der Waals surface area contributed by atoms with Crippen LogP contribution in [0, 0.1) is 18.6 Å². The highest BCUT2D eigenvalue weighted by Gasteiger charge is 2.35. The molecule has 5 rings (SSSR count). The van der Waals surface area contributed by atoms with Gasteiger partial charge in [0.05, 0.1) is 37.4 Å². The van der Waals surface area contributed by atoms with E-state index in [9.17, 15) is 27.6 Å². The summed E-state index contributed by atoms with van der Waals surface area (Å²) in [5, 5.41) is 16.1. The highest BCUT2D eigenvalue weighted by Crippen LogP contribution is 2.35. The summed E-state index contributed by atoms with van der Waals surface area (Å²) in [5.74, 6) is -2.21. The Morgan fingerprint density at radius 2 is 1.66 bits per heavy atom. The van der Waals surface area contributed by atoms with Gasteiger partial charge in [-0.05, 0) is 52.0 Å². The predicted octanol–water partition coefficient (Wildman–Crippen LogP) is 5.70. The maximum atomic E-state index is 15.8. The molecule has 0 fully saturated rings. The number of hydrogen-bond donors (Lipinski definition) is 2. The second kappa shape index (κ2) is 15.3. The third-order valence-corrected chi connectivity index (χ3v) is 7.98. The molecule has 18 heteroatoms. The minimum Gasteiger partial charge on any atom is -0.494 e. The van der Waals surface area contributed by atoms with Gasteiger partial charge in [-0.15, -0.1) is 10.2 Å². The number of carbonyl (C=O) groups excluding carboxylic acids is 1. The number of hydrogen-bond acceptors (Lipinski definition) is 9. The quantitative estimate of drug-likeness (QED) is 0.162. The highest BCUT2D eigenvalue weighted by molar-refractivity contribution is 5.69. The molecule has 0 saturated heterocycles. The molecule has 0 aliphatic rings. The Morgan fingerprint density at radius 1 is 0.962 bits per heavy atom. The van der Waals surface area contributed by atoms with Crippen LogP contribution in [0.2, 0.25) is 0 Å². The number of alkyl carbamates (subject to hydrolysis) is 1. The Balaban J connectivity index is 1.74. The van der Waals surface area contributed by atoms with E-state index in [2.05, 4.69) is 25.9 Å². The summed E-state index contributed by atoms with van der Waals surface area (Å²) in [7, 11) is 1.19. The van der Waals surface area contributed by atoms with Crippen molar-refractivity contribution in [1.29, 1.82) is 0 Å². The van der Waals surface area contributed by atoms with Crippen LogP contribution in [0.1, 0.15) is 55.0 Å². The largest absolute Gasteiger partial charge is 0.494 e. The molecule has 1 atom stereocenters. The number of rotatable bonds is 11. The van der Waals surface area contributed by atoms with Gasteiger partial charge in [0.2, 0.25) is 5.82 Å². The average Bonchev–Trinajstić information content (AvgIpc) is 3.61. The average molecular weight is 744 g/mol. The fourth-order valence-electron chi connectivity index (χ4n) is 5.60.